The van der Waals surface area contributed by atoms with Crippen molar-refractivity contribution in [3.05, 3.63) is 41.6 Å². The first-order valence-corrected chi connectivity index (χ1v) is 7.03. The third kappa shape index (κ3) is 4.08. The predicted molar refractivity (Wildman–Crippen MR) is 81.0 cm³/mol. The number of carbonyl (C=O) groups is 2. The highest BCUT2D eigenvalue weighted by atomic mass is 16.5. The summed E-state index contributed by atoms with van der Waals surface area (Å²) in [5.41, 5.74) is 2.09. The van der Waals surface area contributed by atoms with E-state index in [1.54, 1.807) is 30.3 Å². The van der Waals surface area contributed by atoms with E-state index in [9.17, 15) is 9.59 Å². The molecule has 1 heterocycles. The molecule has 112 valence electrons. The summed E-state index contributed by atoms with van der Waals surface area (Å²) in [6, 6.07) is 6.61. The summed E-state index contributed by atoms with van der Waals surface area (Å²) in [6.07, 6.45) is 3.98. The summed E-state index contributed by atoms with van der Waals surface area (Å²) in [7, 11) is 1.34. The lowest BCUT2D eigenvalue weighted by Crippen LogP contribution is -2.19. The zero-order valence-corrected chi connectivity index (χ0v) is 12.4. The van der Waals surface area contributed by atoms with Gasteiger partial charge in [-0.05, 0) is 44.0 Å². The van der Waals surface area contributed by atoms with E-state index in [0.717, 1.165) is 18.8 Å². The lowest BCUT2D eigenvalue weighted by Gasteiger charge is -2.17. The molecule has 1 aliphatic heterocycles. The lowest BCUT2D eigenvalue weighted by atomic mass is 10.2. The zero-order valence-electron chi connectivity index (χ0n) is 12.4. The fourth-order valence-corrected chi connectivity index (χ4v) is 2.34. The van der Waals surface area contributed by atoms with E-state index in [4.69, 9.17) is 0 Å². The third-order valence-electron chi connectivity index (χ3n) is 3.52. The van der Waals surface area contributed by atoms with E-state index in [2.05, 4.69) is 15.0 Å². The van der Waals surface area contributed by atoms with Crippen LogP contribution >= 0.6 is 0 Å². The van der Waals surface area contributed by atoms with Gasteiger partial charge in [0.15, 0.2) is 0 Å². The molecule has 0 aromatic heterocycles. The molecule has 1 amide bonds. The molecule has 21 heavy (non-hydrogen) atoms. The van der Waals surface area contributed by atoms with E-state index in [1.165, 1.54) is 20.0 Å². The smallest absolute Gasteiger partial charge is 0.337 e. The maximum absolute atomic E-state index is 11.9. The first kappa shape index (κ1) is 15.1. The number of esters is 1. The van der Waals surface area contributed by atoms with Crippen molar-refractivity contribution in [1.29, 1.82) is 0 Å². The van der Waals surface area contributed by atoms with Crippen LogP contribution in [0.5, 0.6) is 0 Å². The van der Waals surface area contributed by atoms with E-state index >= 15 is 0 Å². The molecule has 0 atom stereocenters. The summed E-state index contributed by atoms with van der Waals surface area (Å²) < 4.78 is 4.63. The Kier molecular flexibility index (Phi) is 4.98. The van der Waals surface area contributed by atoms with Gasteiger partial charge in [0.25, 0.3) is 0 Å². The van der Waals surface area contributed by atoms with Gasteiger partial charge in [-0.3, -0.25) is 4.79 Å². The lowest BCUT2D eigenvalue weighted by molar-refractivity contribution is -0.112. The minimum Gasteiger partial charge on any atom is -0.465 e. The van der Waals surface area contributed by atoms with Crippen LogP contribution in [-0.4, -0.2) is 37.0 Å². The standard InChI is InChI=1S/C16H20N2O3/c1-12(18-9-3-4-10-18)11-15(19)17-14-7-5-13(6-8-14)16(20)21-2/h5-8,11H,3-4,9-10H2,1-2H3,(H,17,19)/b12-11+. The summed E-state index contributed by atoms with van der Waals surface area (Å²) in [4.78, 5) is 25.5. The molecule has 0 saturated carbocycles. The molecule has 1 fully saturated rings. The van der Waals surface area contributed by atoms with E-state index in [-0.39, 0.29) is 5.91 Å². The van der Waals surface area contributed by atoms with E-state index < -0.39 is 5.97 Å². The van der Waals surface area contributed by atoms with Gasteiger partial charge in [-0.15, -0.1) is 0 Å². The Labute approximate surface area is 124 Å². The highest BCUT2D eigenvalue weighted by molar-refractivity contribution is 6.00. The largest absolute Gasteiger partial charge is 0.465 e. The highest BCUT2D eigenvalue weighted by Crippen LogP contribution is 2.15. The maximum Gasteiger partial charge on any atom is 0.337 e. The molecule has 0 radical (unpaired) electrons. The molecule has 0 spiro atoms. The number of hydrogen-bond acceptors (Lipinski definition) is 4. The number of ether oxygens (including phenoxy) is 1. The monoisotopic (exact) mass is 288 g/mol. The van der Waals surface area contributed by atoms with Crippen LogP contribution in [0.3, 0.4) is 0 Å². The number of benzene rings is 1. The van der Waals surface area contributed by atoms with Gasteiger partial charge in [0, 0.05) is 30.5 Å². The van der Waals surface area contributed by atoms with E-state index in [0.29, 0.717) is 11.3 Å². The fourth-order valence-electron chi connectivity index (χ4n) is 2.34. The zero-order chi connectivity index (χ0) is 15.2. The SMILES string of the molecule is COC(=O)c1ccc(NC(=O)/C=C(\C)N2CCCC2)cc1. The average Bonchev–Trinajstić information content (AvgIpc) is 3.01. The number of rotatable bonds is 4. The fraction of sp³-hybridized carbons (Fsp3) is 0.375. The van der Waals surface area contributed by atoms with Gasteiger partial charge in [0.05, 0.1) is 12.7 Å². The Morgan fingerprint density at radius 1 is 1.19 bits per heavy atom. The Morgan fingerprint density at radius 3 is 2.38 bits per heavy atom. The molecule has 1 saturated heterocycles. The number of amides is 1. The second-order valence-electron chi connectivity index (χ2n) is 5.04. The van der Waals surface area contributed by atoms with Crippen LogP contribution < -0.4 is 5.32 Å². The molecule has 2 rings (SSSR count). The van der Waals surface area contributed by atoms with Crippen molar-refractivity contribution in [3.63, 3.8) is 0 Å². The van der Waals surface area contributed by atoms with Gasteiger partial charge in [-0.2, -0.15) is 0 Å². The van der Waals surface area contributed by atoms with Crippen molar-refractivity contribution in [2.45, 2.75) is 19.8 Å². The van der Waals surface area contributed by atoms with Crippen molar-refractivity contribution in [2.24, 2.45) is 0 Å². The number of nitrogens with zero attached hydrogens (tertiary/aromatic N) is 1. The van der Waals surface area contributed by atoms with Gasteiger partial charge in [-0.1, -0.05) is 0 Å². The molecule has 1 aromatic rings. The molecular weight excluding hydrogens is 268 g/mol. The number of allylic oxidation sites excluding steroid dienone is 1. The van der Waals surface area contributed by atoms with Crippen LogP contribution in [0.4, 0.5) is 5.69 Å². The van der Waals surface area contributed by atoms with Gasteiger partial charge in [0.2, 0.25) is 5.91 Å². The molecular formula is C16H20N2O3. The Hall–Kier alpha value is -2.30. The first-order chi connectivity index (χ1) is 10.1. The van der Waals surface area contributed by atoms with E-state index in [1.807, 2.05) is 6.92 Å². The number of nitrogens with one attached hydrogen (secondary N) is 1. The van der Waals surface area contributed by atoms with Crippen LogP contribution in [0, 0.1) is 0 Å². The molecule has 0 bridgehead atoms. The van der Waals surface area contributed by atoms with Crippen molar-refractivity contribution >= 4 is 17.6 Å². The number of methoxy groups -OCH3 is 1. The minimum atomic E-state index is -0.391. The van der Waals surface area contributed by atoms with Crippen molar-refractivity contribution < 1.29 is 14.3 Å². The Bertz CT molecular complexity index is 543. The van der Waals surface area contributed by atoms with Crippen LogP contribution in [-0.2, 0) is 9.53 Å². The van der Waals surface area contributed by atoms with Gasteiger partial charge >= 0.3 is 5.97 Å². The molecule has 1 aromatic carbocycles. The number of carbonyl (C=O) groups excluding carboxylic acids is 2. The van der Waals surface area contributed by atoms with Crippen molar-refractivity contribution in [1.82, 2.24) is 4.90 Å². The quantitative estimate of drug-likeness (QED) is 0.683. The average molecular weight is 288 g/mol. The Morgan fingerprint density at radius 2 is 1.81 bits per heavy atom. The molecule has 1 N–H and O–H groups in total. The summed E-state index contributed by atoms with van der Waals surface area (Å²) in [5, 5.41) is 2.79. The number of anilines is 1. The van der Waals surface area contributed by atoms with Crippen LogP contribution in [0.2, 0.25) is 0 Å². The minimum absolute atomic E-state index is 0.162. The molecule has 5 nitrogen and oxygen atoms in total. The molecule has 1 aliphatic rings. The maximum atomic E-state index is 11.9. The number of hydrogen-bond donors (Lipinski definition) is 1. The normalized spacial score (nSPS) is 15.0. The van der Waals surface area contributed by atoms with Crippen molar-refractivity contribution in [3.8, 4) is 0 Å². The Balaban J connectivity index is 1.96. The van der Waals surface area contributed by atoms with Gasteiger partial charge < -0.3 is 15.0 Å². The van der Waals surface area contributed by atoms with Crippen molar-refractivity contribution in [2.75, 3.05) is 25.5 Å². The van der Waals surface area contributed by atoms with Gasteiger partial charge in [-0.25, -0.2) is 4.79 Å². The second kappa shape index (κ2) is 6.92. The second-order valence-corrected chi connectivity index (χ2v) is 5.04. The first-order valence-electron chi connectivity index (χ1n) is 7.03. The van der Waals surface area contributed by atoms with Crippen LogP contribution in [0.15, 0.2) is 36.0 Å². The number of likely N-dealkylation sites (tertiary alicyclic amines) is 1. The summed E-state index contributed by atoms with van der Waals surface area (Å²) >= 11 is 0. The summed E-state index contributed by atoms with van der Waals surface area (Å²) in [5.74, 6) is -0.553. The third-order valence-corrected chi connectivity index (χ3v) is 3.52. The molecule has 0 unspecified atom stereocenters. The van der Waals surface area contributed by atoms with Gasteiger partial charge in [0.1, 0.15) is 0 Å². The van der Waals surface area contributed by atoms with Crippen LogP contribution in [0.1, 0.15) is 30.1 Å². The van der Waals surface area contributed by atoms with Crippen LogP contribution in [0.25, 0.3) is 0 Å². The molecule has 5 heteroatoms. The molecule has 0 aliphatic carbocycles. The topological polar surface area (TPSA) is 58.6 Å². The predicted octanol–water partition coefficient (Wildman–Crippen LogP) is 2.41. The summed E-state index contributed by atoms with van der Waals surface area (Å²) in [6.45, 7) is 3.98. The highest BCUT2D eigenvalue weighted by Gasteiger charge is 2.12.